The number of carbonyl (C=O) groups is 1. The molecule has 0 radical (unpaired) electrons. The Bertz CT molecular complexity index is 627. The number of nitrogens with zero attached hydrogens (tertiary/aromatic N) is 4. The van der Waals surface area contributed by atoms with Gasteiger partial charge < -0.3 is 9.80 Å². The number of carbonyl (C=O) groups excluding carboxylic acids is 1. The zero-order chi connectivity index (χ0) is 14.8. The molecule has 5 nitrogen and oxygen atoms in total. The van der Waals surface area contributed by atoms with Crippen molar-refractivity contribution in [2.45, 2.75) is 6.92 Å². The molecule has 1 amide bonds. The largest absolute Gasteiger partial charge is 0.335 e. The van der Waals surface area contributed by atoms with Crippen LogP contribution in [0.1, 0.15) is 16.2 Å². The number of hydrogen-bond acceptors (Lipinski definition) is 3. The van der Waals surface area contributed by atoms with E-state index in [0.29, 0.717) is 5.69 Å². The summed E-state index contributed by atoms with van der Waals surface area (Å²) in [7, 11) is 2.08. The second kappa shape index (κ2) is 5.69. The smallest absolute Gasteiger partial charge is 0.272 e. The van der Waals surface area contributed by atoms with Crippen LogP contribution < -0.4 is 0 Å². The summed E-state index contributed by atoms with van der Waals surface area (Å²) in [5.74, 6) is 0.0625. The summed E-state index contributed by atoms with van der Waals surface area (Å²) in [6.07, 6.45) is 0. The zero-order valence-electron chi connectivity index (χ0n) is 12.5. The molecule has 0 bridgehead atoms. The minimum absolute atomic E-state index is 0.0625. The van der Waals surface area contributed by atoms with E-state index in [9.17, 15) is 4.79 Å². The number of likely N-dealkylation sites (N-methyl/N-ethyl adjacent to an activating group) is 1. The molecular weight excluding hydrogens is 264 g/mol. The minimum atomic E-state index is 0.0625. The van der Waals surface area contributed by atoms with Gasteiger partial charge in [0.05, 0.1) is 11.4 Å². The quantitative estimate of drug-likeness (QED) is 0.840. The third-order valence-electron chi connectivity index (χ3n) is 3.84. The van der Waals surface area contributed by atoms with E-state index >= 15 is 0 Å². The van der Waals surface area contributed by atoms with Crippen LogP contribution in [0.4, 0.5) is 0 Å². The summed E-state index contributed by atoms with van der Waals surface area (Å²) in [5, 5.41) is 4.47. The molecule has 1 aromatic carbocycles. The van der Waals surface area contributed by atoms with E-state index in [1.54, 1.807) is 4.68 Å². The van der Waals surface area contributed by atoms with Crippen molar-refractivity contribution in [1.29, 1.82) is 0 Å². The molecule has 0 aliphatic carbocycles. The highest BCUT2D eigenvalue weighted by atomic mass is 16.2. The molecule has 21 heavy (non-hydrogen) atoms. The second-order valence-electron chi connectivity index (χ2n) is 5.51. The van der Waals surface area contributed by atoms with Crippen molar-refractivity contribution in [3.05, 3.63) is 47.8 Å². The summed E-state index contributed by atoms with van der Waals surface area (Å²) >= 11 is 0. The predicted molar refractivity (Wildman–Crippen MR) is 81.7 cm³/mol. The molecular formula is C16H20N4O. The molecule has 0 spiro atoms. The van der Waals surface area contributed by atoms with Crippen LogP contribution in [0.2, 0.25) is 0 Å². The van der Waals surface area contributed by atoms with Crippen molar-refractivity contribution in [2.75, 3.05) is 33.2 Å². The van der Waals surface area contributed by atoms with Crippen LogP contribution in [-0.4, -0.2) is 58.7 Å². The fourth-order valence-corrected chi connectivity index (χ4v) is 2.59. The van der Waals surface area contributed by atoms with Crippen molar-refractivity contribution < 1.29 is 4.79 Å². The fourth-order valence-electron chi connectivity index (χ4n) is 2.59. The second-order valence-corrected chi connectivity index (χ2v) is 5.51. The molecule has 0 saturated carbocycles. The summed E-state index contributed by atoms with van der Waals surface area (Å²) in [4.78, 5) is 16.9. The third kappa shape index (κ3) is 2.83. The maximum Gasteiger partial charge on any atom is 0.272 e. The lowest BCUT2D eigenvalue weighted by molar-refractivity contribution is 0.0655. The number of hydrogen-bond donors (Lipinski definition) is 0. The molecule has 5 heteroatoms. The average Bonchev–Trinajstić information content (AvgIpc) is 2.90. The number of amides is 1. The van der Waals surface area contributed by atoms with E-state index in [0.717, 1.165) is 37.6 Å². The first-order chi connectivity index (χ1) is 10.1. The molecule has 1 aliphatic rings. The number of piperazine rings is 1. The molecule has 2 aromatic rings. The molecule has 0 N–H and O–H groups in total. The number of rotatable bonds is 2. The number of aromatic nitrogens is 2. The van der Waals surface area contributed by atoms with Crippen LogP contribution in [0.15, 0.2) is 36.4 Å². The van der Waals surface area contributed by atoms with Crippen LogP contribution in [0, 0.1) is 6.92 Å². The first kappa shape index (κ1) is 13.8. The molecule has 0 atom stereocenters. The van der Waals surface area contributed by atoms with Crippen molar-refractivity contribution in [1.82, 2.24) is 19.6 Å². The Morgan fingerprint density at radius 2 is 1.76 bits per heavy atom. The minimum Gasteiger partial charge on any atom is -0.335 e. The van der Waals surface area contributed by atoms with Crippen molar-refractivity contribution in [2.24, 2.45) is 0 Å². The van der Waals surface area contributed by atoms with Gasteiger partial charge in [0, 0.05) is 26.2 Å². The van der Waals surface area contributed by atoms with Gasteiger partial charge in [-0.05, 0) is 32.2 Å². The highest BCUT2D eigenvalue weighted by Gasteiger charge is 2.24. The van der Waals surface area contributed by atoms with E-state index < -0.39 is 0 Å². The van der Waals surface area contributed by atoms with Crippen molar-refractivity contribution >= 4 is 5.91 Å². The Hall–Kier alpha value is -2.14. The van der Waals surface area contributed by atoms with Crippen LogP contribution in [0.25, 0.3) is 5.69 Å². The monoisotopic (exact) mass is 284 g/mol. The number of benzene rings is 1. The first-order valence-corrected chi connectivity index (χ1v) is 7.25. The lowest BCUT2D eigenvalue weighted by atomic mass is 10.2. The van der Waals surface area contributed by atoms with Gasteiger partial charge in [0.2, 0.25) is 0 Å². The van der Waals surface area contributed by atoms with Crippen LogP contribution >= 0.6 is 0 Å². The average molecular weight is 284 g/mol. The Morgan fingerprint density at radius 3 is 2.43 bits per heavy atom. The summed E-state index contributed by atoms with van der Waals surface area (Å²) in [6, 6.07) is 11.7. The summed E-state index contributed by atoms with van der Waals surface area (Å²) < 4.78 is 1.75. The predicted octanol–water partition coefficient (Wildman–Crippen LogP) is 1.57. The van der Waals surface area contributed by atoms with E-state index in [1.807, 2.05) is 48.2 Å². The molecule has 0 unspecified atom stereocenters. The van der Waals surface area contributed by atoms with Gasteiger partial charge in [0.25, 0.3) is 5.91 Å². The van der Waals surface area contributed by atoms with Gasteiger partial charge >= 0.3 is 0 Å². The lowest BCUT2D eigenvalue weighted by Gasteiger charge is -2.32. The van der Waals surface area contributed by atoms with Gasteiger partial charge in [-0.1, -0.05) is 18.2 Å². The molecule has 3 rings (SSSR count). The molecule has 2 heterocycles. The van der Waals surface area contributed by atoms with Crippen LogP contribution in [0.5, 0.6) is 0 Å². The van der Waals surface area contributed by atoms with E-state index in [4.69, 9.17) is 0 Å². The fraction of sp³-hybridized carbons (Fsp3) is 0.375. The standard InChI is InChI=1S/C16H20N4O/c1-13-12-15(16(21)19-10-8-18(2)9-11-19)20(17-13)14-6-4-3-5-7-14/h3-7,12H,8-11H2,1-2H3. The van der Waals surface area contributed by atoms with Crippen molar-refractivity contribution in [3.8, 4) is 5.69 Å². The molecule has 1 aromatic heterocycles. The Labute approximate surface area is 124 Å². The van der Waals surface area contributed by atoms with Gasteiger partial charge in [-0.15, -0.1) is 0 Å². The van der Waals surface area contributed by atoms with Gasteiger partial charge in [0.15, 0.2) is 0 Å². The van der Waals surface area contributed by atoms with Crippen LogP contribution in [-0.2, 0) is 0 Å². The highest BCUT2D eigenvalue weighted by molar-refractivity contribution is 5.93. The maximum absolute atomic E-state index is 12.8. The van der Waals surface area contributed by atoms with Crippen LogP contribution in [0.3, 0.4) is 0 Å². The number of aryl methyl sites for hydroxylation is 1. The first-order valence-electron chi connectivity index (χ1n) is 7.25. The van der Waals surface area contributed by atoms with Crippen molar-refractivity contribution in [3.63, 3.8) is 0 Å². The summed E-state index contributed by atoms with van der Waals surface area (Å²) in [6.45, 7) is 5.30. The molecule has 1 saturated heterocycles. The third-order valence-corrected chi connectivity index (χ3v) is 3.84. The Balaban J connectivity index is 1.90. The van der Waals surface area contributed by atoms with Gasteiger partial charge in [0.1, 0.15) is 5.69 Å². The SMILES string of the molecule is Cc1cc(C(=O)N2CCN(C)CC2)n(-c2ccccc2)n1. The Kier molecular flexibility index (Phi) is 3.75. The lowest BCUT2D eigenvalue weighted by Crippen LogP contribution is -2.47. The van der Waals surface area contributed by atoms with Gasteiger partial charge in [-0.2, -0.15) is 5.10 Å². The Morgan fingerprint density at radius 1 is 1.10 bits per heavy atom. The van der Waals surface area contributed by atoms with Gasteiger partial charge in [-0.3, -0.25) is 4.79 Å². The highest BCUT2D eigenvalue weighted by Crippen LogP contribution is 2.15. The van der Waals surface area contributed by atoms with E-state index in [-0.39, 0.29) is 5.91 Å². The summed E-state index contributed by atoms with van der Waals surface area (Å²) in [5.41, 5.74) is 2.42. The molecule has 110 valence electrons. The molecule has 1 fully saturated rings. The normalized spacial score (nSPS) is 16.2. The van der Waals surface area contributed by atoms with E-state index in [1.165, 1.54) is 0 Å². The van der Waals surface area contributed by atoms with E-state index in [2.05, 4.69) is 17.0 Å². The maximum atomic E-state index is 12.8. The topological polar surface area (TPSA) is 41.4 Å². The van der Waals surface area contributed by atoms with Gasteiger partial charge in [-0.25, -0.2) is 4.68 Å². The molecule has 1 aliphatic heterocycles. The number of para-hydroxylation sites is 1. The zero-order valence-corrected chi connectivity index (χ0v) is 12.5.